The van der Waals surface area contributed by atoms with E-state index in [1.165, 1.54) is 30.8 Å². The summed E-state index contributed by atoms with van der Waals surface area (Å²) < 4.78 is 8.32. The maximum Gasteiger partial charge on any atom is 0.122 e. The molecule has 2 aromatic rings. The van der Waals surface area contributed by atoms with Gasteiger partial charge in [0.1, 0.15) is 18.2 Å². The van der Waals surface area contributed by atoms with Gasteiger partial charge in [-0.05, 0) is 44.4 Å². The fraction of sp³-hybridized carbons (Fsp3) is 0.550. The summed E-state index contributed by atoms with van der Waals surface area (Å²) in [5.41, 5.74) is 1.29. The van der Waals surface area contributed by atoms with Crippen molar-refractivity contribution in [3.05, 3.63) is 48.0 Å². The van der Waals surface area contributed by atoms with Crippen molar-refractivity contribution in [3.63, 3.8) is 0 Å². The number of para-hydroxylation sites is 1. The highest BCUT2D eigenvalue weighted by Crippen LogP contribution is 2.26. The Hall–Kier alpha value is -1.81. The van der Waals surface area contributed by atoms with E-state index in [9.17, 15) is 0 Å². The van der Waals surface area contributed by atoms with Gasteiger partial charge >= 0.3 is 0 Å². The van der Waals surface area contributed by atoms with Crippen LogP contribution in [0.2, 0.25) is 0 Å². The van der Waals surface area contributed by atoms with Crippen molar-refractivity contribution in [1.29, 1.82) is 0 Å². The Morgan fingerprint density at radius 1 is 1.25 bits per heavy atom. The van der Waals surface area contributed by atoms with Crippen molar-refractivity contribution < 1.29 is 4.74 Å². The van der Waals surface area contributed by atoms with Gasteiger partial charge in [-0.25, -0.2) is 4.98 Å². The van der Waals surface area contributed by atoms with E-state index in [4.69, 9.17) is 4.74 Å². The molecule has 1 aliphatic heterocycles. The summed E-state index contributed by atoms with van der Waals surface area (Å²) in [6, 6.07) is 8.36. The van der Waals surface area contributed by atoms with Crippen LogP contribution < -0.4 is 4.74 Å². The Bertz CT molecular complexity index is 637. The van der Waals surface area contributed by atoms with Gasteiger partial charge in [0.15, 0.2) is 0 Å². The van der Waals surface area contributed by atoms with Gasteiger partial charge in [-0.15, -0.1) is 0 Å². The molecule has 1 aliphatic rings. The summed E-state index contributed by atoms with van der Waals surface area (Å²) in [7, 11) is 0. The lowest BCUT2D eigenvalue weighted by atomic mass is 9.97. The van der Waals surface area contributed by atoms with Crippen LogP contribution in [0.4, 0.5) is 0 Å². The molecule has 0 bridgehead atoms. The second-order valence-corrected chi connectivity index (χ2v) is 6.52. The van der Waals surface area contributed by atoms with E-state index in [0.29, 0.717) is 5.92 Å². The molecule has 1 aromatic carbocycles. The van der Waals surface area contributed by atoms with Gasteiger partial charge in [0.05, 0.1) is 0 Å². The number of rotatable bonds is 7. The van der Waals surface area contributed by atoms with E-state index in [-0.39, 0.29) is 0 Å². The topological polar surface area (TPSA) is 30.3 Å². The molecule has 0 amide bonds. The quantitative estimate of drug-likeness (QED) is 0.776. The fourth-order valence-corrected chi connectivity index (χ4v) is 3.64. The first-order valence-corrected chi connectivity index (χ1v) is 9.25. The molecule has 4 nitrogen and oxygen atoms in total. The van der Waals surface area contributed by atoms with Gasteiger partial charge in [0.25, 0.3) is 0 Å². The number of imidazole rings is 1. The molecule has 1 saturated heterocycles. The predicted molar refractivity (Wildman–Crippen MR) is 97.6 cm³/mol. The lowest BCUT2D eigenvalue weighted by Gasteiger charge is -2.32. The van der Waals surface area contributed by atoms with E-state index in [0.717, 1.165) is 38.4 Å². The molecule has 0 saturated carbocycles. The molecule has 0 aliphatic carbocycles. The third kappa shape index (κ3) is 3.99. The first-order chi connectivity index (χ1) is 11.8. The van der Waals surface area contributed by atoms with Gasteiger partial charge in [-0.1, -0.05) is 25.1 Å². The largest absolute Gasteiger partial charge is 0.492 e. The van der Waals surface area contributed by atoms with Crippen molar-refractivity contribution in [3.8, 4) is 5.75 Å². The SMILES string of the molecule is CCc1ccccc1OCCN1CCC[C@@H](c2nccn2CC)C1. The van der Waals surface area contributed by atoms with Crippen LogP contribution in [0.3, 0.4) is 0 Å². The minimum absolute atomic E-state index is 0.552. The number of nitrogens with zero attached hydrogens (tertiary/aromatic N) is 3. The molecule has 0 radical (unpaired) electrons. The van der Waals surface area contributed by atoms with E-state index in [2.05, 4.69) is 58.8 Å². The summed E-state index contributed by atoms with van der Waals surface area (Å²) in [5, 5.41) is 0. The second kappa shape index (κ2) is 8.34. The number of benzene rings is 1. The molecule has 2 heterocycles. The molecular formula is C20H29N3O. The van der Waals surface area contributed by atoms with Crippen LogP contribution in [0.5, 0.6) is 5.75 Å². The van der Waals surface area contributed by atoms with Crippen molar-refractivity contribution in [2.75, 3.05) is 26.2 Å². The number of aromatic nitrogens is 2. The second-order valence-electron chi connectivity index (χ2n) is 6.52. The fourth-order valence-electron chi connectivity index (χ4n) is 3.64. The molecule has 1 aromatic heterocycles. The van der Waals surface area contributed by atoms with Crippen molar-refractivity contribution in [2.24, 2.45) is 0 Å². The highest BCUT2D eigenvalue weighted by Gasteiger charge is 2.24. The normalized spacial score (nSPS) is 18.7. The number of hydrogen-bond donors (Lipinski definition) is 0. The Labute approximate surface area is 145 Å². The minimum atomic E-state index is 0.552. The maximum atomic E-state index is 6.04. The summed E-state index contributed by atoms with van der Waals surface area (Å²) in [5.74, 6) is 2.84. The zero-order chi connectivity index (χ0) is 16.8. The van der Waals surface area contributed by atoms with Crippen LogP contribution in [0.1, 0.15) is 44.0 Å². The lowest BCUT2D eigenvalue weighted by molar-refractivity contribution is 0.166. The highest BCUT2D eigenvalue weighted by molar-refractivity contribution is 5.33. The third-order valence-electron chi connectivity index (χ3n) is 4.98. The standard InChI is InChI=1S/C20H29N3O/c1-3-17-8-5-6-10-19(17)24-15-14-22-12-7-9-18(16-22)20-21-11-13-23(20)4-2/h5-6,8,10-11,13,18H,3-4,7,9,12,14-16H2,1-2H3/t18-/m1/s1. The molecule has 24 heavy (non-hydrogen) atoms. The zero-order valence-corrected chi connectivity index (χ0v) is 14.9. The predicted octanol–water partition coefficient (Wildman–Crippen LogP) is 3.72. The Morgan fingerprint density at radius 2 is 2.12 bits per heavy atom. The first-order valence-electron chi connectivity index (χ1n) is 9.25. The number of hydrogen-bond acceptors (Lipinski definition) is 3. The number of aryl methyl sites for hydroxylation is 2. The van der Waals surface area contributed by atoms with Crippen LogP contribution in [0.25, 0.3) is 0 Å². The average Bonchev–Trinajstić information content (AvgIpc) is 3.11. The maximum absolute atomic E-state index is 6.04. The Kier molecular flexibility index (Phi) is 5.91. The summed E-state index contributed by atoms with van der Waals surface area (Å²) in [4.78, 5) is 7.13. The Balaban J connectivity index is 1.52. The first kappa shape index (κ1) is 17.0. The molecule has 130 valence electrons. The van der Waals surface area contributed by atoms with E-state index >= 15 is 0 Å². The number of ether oxygens (including phenoxy) is 1. The van der Waals surface area contributed by atoms with Gasteiger partial charge in [0.2, 0.25) is 0 Å². The lowest BCUT2D eigenvalue weighted by Crippen LogP contribution is -2.37. The molecule has 1 atom stereocenters. The van der Waals surface area contributed by atoms with Gasteiger partial charge < -0.3 is 9.30 Å². The van der Waals surface area contributed by atoms with Gasteiger partial charge in [0, 0.05) is 37.9 Å². The van der Waals surface area contributed by atoms with Crippen LogP contribution >= 0.6 is 0 Å². The van der Waals surface area contributed by atoms with Gasteiger partial charge in [-0.3, -0.25) is 4.90 Å². The van der Waals surface area contributed by atoms with E-state index < -0.39 is 0 Å². The number of likely N-dealkylation sites (tertiary alicyclic amines) is 1. The van der Waals surface area contributed by atoms with Crippen LogP contribution in [0, 0.1) is 0 Å². The van der Waals surface area contributed by atoms with Crippen LogP contribution in [-0.4, -0.2) is 40.7 Å². The van der Waals surface area contributed by atoms with Crippen molar-refractivity contribution in [2.45, 2.75) is 45.6 Å². The van der Waals surface area contributed by atoms with Crippen LogP contribution in [-0.2, 0) is 13.0 Å². The molecule has 0 N–H and O–H groups in total. The van der Waals surface area contributed by atoms with Crippen molar-refractivity contribution in [1.82, 2.24) is 14.5 Å². The summed E-state index contributed by atoms with van der Waals surface area (Å²) in [6.45, 7) is 9.37. The molecule has 4 heteroatoms. The minimum Gasteiger partial charge on any atom is -0.492 e. The smallest absolute Gasteiger partial charge is 0.122 e. The number of piperidine rings is 1. The van der Waals surface area contributed by atoms with E-state index in [1.54, 1.807) is 0 Å². The summed E-state index contributed by atoms with van der Waals surface area (Å²) in [6.07, 6.45) is 7.53. The van der Waals surface area contributed by atoms with Gasteiger partial charge in [-0.2, -0.15) is 0 Å². The molecule has 1 fully saturated rings. The monoisotopic (exact) mass is 327 g/mol. The average molecular weight is 327 g/mol. The molecule has 0 spiro atoms. The third-order valence-corrected chi connectivity index (χ3v) is 4.98. The zero-order valence-electron chi connectivity index (χ0n) is 14.9. The molecule has 3 rings (SSSR count). The van der Waals surface area contributed by atoms with Crippen molar-refractivity contribution >= 4 is 0 Å². The van der Waals surface area contributed by atoms with E-state index in [1.807, 2.05) is 6.20 Å². The summed E-state index contributed by atoms with van der Waals surface area (Å²) >= 11 is 0. The highest BCUT2D eigenvalue weighted by atomic mass is 16.5. The molecular weight excluding hydrogens is 298 g/mol. The molecule has 0 unspecified atom stereocenters. The van der Waals surface area contributed by atoms with Crippen LogP contribution in [0.15, 0.2) is 36.7 Å². The Morgan fingerprint density at radius 3 is 2.96 bits per heavy atom.